The third kappa shape index (κ3) is 3.91. The molecule has 2 heterocycles. The van der Waals surface area contributed by atoms with Crippen LogP contribution >= 0.6 is 0 Å². The van der Waals surface area contributed by atoms with Crippen LogP contribution in [0.5, 0.6) is 0 Å². The predicted molar refractivity (Wildman–Crippen MR) is 124 cm³/mol. The van der Waals surface area contributed by atoms with Crippen molar-refractivity contribution in [1.29, 1.82) is 0 Å². The quantitative estimate of drug-likeness (QED) is 0.415. The highest BCUT2D eigenvalue weighted by Crippen LogP contribution is 2.22. The van der Waals surface area contributed by atoms with Crippen molar-refractivity contribution in [2.45, 2.75) is 6.42 Å². The number of fused-ring (bicyclic) bond motifs is 1. The molecule has 3 N–H and O–H groups in total. The standard InChI is InChI=1S/C25H20N6O/c26-21-13-7-12-19(15-21)24(32)30-25-29-22(18-10-5-2-6-11-18)28-23-20(16-27-31(23)25)14-17-8-3-1-4-9-17/h1-13,15-16H,14,26H2,(H,28,29,30,32). The van der Waals surface area contributed by atoms with E-state index in [0.29, 0.717) is 35.1 Å². The van der Waals surface area contributed by atoms with Gasteiger partial charge >= 0.3 is 0 Å². The van der Waals surface area contributed by atoms with Crippen molar-refractivity contribution in [3.63, 3.8) is 0 Å². The Hall–Kier alpha value is -4.52. The lowest BCUT2D eigenvalue weighted by Crippen LogP contribution is -2.17. The van der Waals surface area contributed by atoms with Crippen LogP contribution in [-0.2, 0) is 6.42 Å². The summed E-state index contributed by atoms with van der Waals surface area (Å²) in [5, 5.41) is 7.34. The summed E-state index contributed by atoms with van der Waals surface area (Å²) in [5.74, 6) is 0.479. The molecule has 7 heteroatoms. The van der Waals surface area contributed by atoms with Gasteiger partial charge in [-0.15, -0.1) is 0 Å². The van der Waals surface area contributed by atoms with Crippen LogP contribution in [0.4, 0.5) is 11.6 Å². The minimum absolute atomic E-state index is 0.292. The van der Waals surface area contributed by atoms with Crippen molar-refractivity contribution >= 4 is 23.2 Å². The second-order valence-corrected chi connectivity index (χ2v) is 7.38. The summed E-state index contributed by atoms with van der Waals surface area (Å²) in [7, 11) is 0. The van der Waals surface area contributed by atoms with E-state index in [1.807, 2.05) is 48.5 Å². The molecule has 0 spiro atoms. The minimum Gasteiger partial charge on any atom is -0.399 e. The average Bonchev–Trinajstić information content (AvgIpc) is 3.23. The molecule has 0 radical (unpaired) electrons. The summed E-state index contributed by atoms with van der Waals surface area (Å²) in [5.41, 5.74) is 10.4. The van der Waals surface area contributed by atoms with Gasteiger partial charge in [-0.25, -0.2) is 4.98 Å². The van der Waals surface area contributed by atoms with Gasteiger partial charge < -0.3 is 5.73 Å². The number of hydrogen-bond donors (Lipinski definition) is 2. The zero-order chi connectivity index (χ0) is 21.9. The summed E-state index contributed by atoms with van der Waals surface area (Å²) in [6, 6.07) is 26.6. The van der Waals surface area contributed by atoms with Gasteiger partial charge in [-0.05, 0) is 23.8 Å². The number of nitrogens with two attached hydrogens (primary N) is 1. The van der Waals surface area contributed by atoms with Gasteiger partial charge in [0.05, 0.1) is 6.20 Å². The molecule has 5 aromatic rings. The fraction of sp³-hybridized carbons (Fsp3) is 0.0400. The summed E-state index contributed by atoms with van der Waals surface area (Å²) in [6.45, 7) is 0. The lowest BCUT2D eigenvalue weighted by Gasteiger charge is -2.10. The van der Waals surface area contributed by atoms with E-state index >= 15 is 0 Å². The highest BCUT2D eigenvalue weighted by Gasteiger charge is 2.17. The molecule has 0 aliphatic rings. The molecule has 0 saturated heterocycles. The van der Waals surface area contributed by atoms with E-state index in [-0.39, 0.29) is 5.91 Å². The third-order valence-electron chi connectivity index (χ3n) is 5.08. The Morgan fingerprint density at radius 2 is 1.66 bits per heavy atom. The van der Waals surface area contributed by atoms with Gasteiger partial charge in [-0.1, -0.05) is 66.7 Å². The molecule has 32 heavy (non-hydrogen) atoms. The fourth-order valence-electron chi connectivity index (χ4n) is 3.51. The largest absolute Gasteiger partial charge is 0.399 e. The molecule has 5 rings (SSSR count). The highest BCUT2D eigenvalue weighted by molar-refractivity contribution is 6.04. The number of nitrogens with one attached hydrogen (secondary N) is 1. The highest BCUT2D eigenvalue weighted by atomic mass is 16.1. The van der Waals surface area contributed by atoms with Crippen LogP contribution in [0, 0.1) is 0 Å². The van der Waals surface area contributed by atoms with Crippen LogP contribution in [0.1, 0.15) is 21.5 Å². The minimum atomic E-state index is -0.323. The summed E-state index contributed by atoms with van der Waals surface area (Å²) in [6.07, 6.45) is 2.43. The van der Waals surface area contributed by atoms with Gasteiger partial charge in [0.15, 0.2) is 11.5 Å². The van der Waals surface area contributed by atoms with Crippen molar-refractivity contribution in [2.75, 3.05) is 11.1 Å². The monoisotopic (exact) mass is 420 g/mol. The van der Waals surface area contributed by atoms with Crippen molar-refractivity contribution in [3.05, 3.63) is 108 Å². The molecular weight excluding hydrogens is 400 g/mol. The lowest BCUT2D eigenvalue weighted by atomic mass is 10.1. The van der Waals surface area contributed by atoms with E-state index in [9.17, 15) is 4.79 Å². The van der Waals surface area contributed by atoms with E-state index in [1.54, 1.807) is 35.0 Å². The number of carbonyl (C=O) groups excluding carboxylic acids is 1. The molecule has 0 bridgehead atoms. The summed E-state index contributed by atoms with van der Waals surface area (Å²) < 4.78 is 1.56. The van der Waals surface area contributed by atoms with Crippen LogP contribution < -0.4 is 11.1 Å². The Morgan fingerprint density at radius 3 is 2.41 bits per heavy atom. The van der Waals surface area contributed by atoms with Crippen LogP contribution in [0.3, 0.4) is 0 Å². The topological polar surface area (TPSA) is 98.2 Å². The van der Waals surface area contributed by atoms with Crippen molar-refractivity contribution in [3.8, 4) is 11.4 Å². The van der Waals surface area contributed by atoms with Gasteiger partial charge in [-0.3, -0.25) is 10.1 Å². The van der Waals surface area contributed by atoms with Gasteiger partial charge in [0.2, 0.25) is 5.95 Å². The molecule has 3 aromatic carbocycles. The summed E-state index contributed by atoms with van der Waals surface area (Å²) >= 11 is 0. The molecule has 0 saturated carbocycles. The molecule has 0 aliphatic carbocycles. The third-order valence-corrected chi connectivity index (χ3v) is 5.08. The predicted octanol–water partition coefficient (Wildman–Crippen LogP) is 4.22. The number of aromatic nitrogens is 4. The van der Waals surface area contributed by atoms with Crippen LogP contribution in [0.2, 0.25) is 0 Å². The normalized spacial score (nSPS) is 10.9. The number of nitrogens with zero attached hydrogens (tertiary/aromatic N) is 4. The first-order chi connectivity index (χ1) is 15.7. The van der Waals surface area contributed by atoms with E-state index in [1.165, 1.54) is 0 Å². The Kier molecular flexibility index (Phi) is 5.05. The van der Waals surface area contributed by atoms with Crippen molar-refractivity contribution < 1.29 is 4.79 Å². The van der Waals surface area contributed by atoms with E-state index in [0.717, 1.165) is 16.7 Å². The lowest BCUT2D eigenvalue weighted by molar-refractivity contribution is 0.102. The molecule has 0 aliphatic heterocycles. The van der Waals surface area contributed by atoms with E-state index in [4.69, 9.17) is 10.7 Å². The van der Waals surface area contributed by atoms with E-state index < -0.39 is 0 Å². The second-order valence-electron chi connectivity index (χ2n) is 7.38. The number of amides is 1. The second kappa shape index (κ2) is 8.31. The van der Waals surface area contributed by atoms with Crippen molar-refractivity contribution in [2.24, 2.45) is 0 Å². The number of anilines is 2. The van der Waals surface area contributed by atoms with Gasteiger partial charge in [0.1, 0.15) is 0 Å². The zero-order valence-corrected chi connectivity index (χ0v) is 17.1. The van der Waals surface area contributed by atoms with Gasteiger partial charge in [-0.2, -0.15) is 14.6 Å². The molecule has 1 amide bonds. The summed E-state index contributed by atoms with van der Waals surface area (Å²) in [4.78, 5) is 22.3. The number of nitrogen functional groups attached to an aromatic ring is 1. The van der Waals surface area contributed by atoms with E-state index in [2.05, 4.69) is 27.5 Å². The Morgan fingerprint density at radius 1 is 0.906 bits per heavy atom. The van der Waals surface area contributed by atoms with Crippen molar-refractivity contribution in [1.82, 2.24) is 19.6 Å². The number of rotatable bonds is 5. The first-order valence-electron chi connectivity index (χ1n) is 10.2. The first-order valence-corrected chi connectivity index (χ1v) is 10.2. The Labute approximate surface area is 184 Å². The molecule has 156 valence electrons. The molecule has 7 nitrogen and oxygen atoms in total. The average molecular weight is 420 g/mol. The van der Waals surface area contributed by atoms with Crippen LogP contribution in [-0.4, -0.2) is 25.5 Å². The molecule has 0 atom stereocenters. The number of benzene rings is 3. The Bertz CT molecular complexity index is 1400. The van der Waals surface area contributed by atoms with Gasteiger partial charge in [0, 0.05) is 28.8 Å². The van der Waals surface area contributed by atoms with Crippen LogP contribution in [0.15, 0.2) is 91.1 Å². The maximum Gasteiger partial charge on any atom is 0.258 e. The first kappa shape index (κ1) is 19.4. The number of hydrogen-bond acceptors (Lipinski definition) is 5. The molecular formula is C25H20N6O. The number of carbonyl (C=O) groups is 1. The maximum atomic E-state index is 12.9. The fourth-order valence-corrected chi connectivity index (χ4v) is 3.51. The zero-order valence-electron chi connectivity index (χ0n) is 17.1. The SMILES string of the molecule is Nc1cccc(C(=O)Nc2nc(-c3ccccc3)nc3c(Cc4ccccc4)cnn23)c1. The molecule has 0 unspecified atom stereocenters. The molecule has 2 aromatic heterocycles. The Balaban J connectivity index is 1.60. The maximum absolute atomic E-state index is 12.9. The van der Waals surface area contributed by atoms with Crippen LogP contribution in [0.25, 0.3) is 17.0 Å². The molecule has 0 fully saturated rings. The van der Waals surface area contributed by atoms with Gasteiger partial charge in [0.25, 0.3) is 5.91 Å². The smallest absolute Gasteiger partial charge is 0.258 e.